The van der Waals surface area contributed by atoms with Crippen molar-refractivity contribution in [2.45, 2.75) is 48.0 Å². The molecule has 0 bridgehead atoms. The molecular formula is C15H26. The summed E-state index contributed by atoms with van der Waals surface area (Å²) in [5.41, 5.74) is 2.53. The van der Waals surface area contributed by atoms with Gasteiger partial charge < -0.3 is 0 Å². The Kier molecular flexibility index (Phi) is 3.19. The molecule has 86 valence electrons. The van der Waals surface area contributed by atoms with Gasteiger partial charge in [-0.25, -0.2) is 0 Å². The standard InChI is InChI=1S/C15H26/c1-8-9-11(2)12(3)13(4)15(7)10-14(15,5)6/h8-9,12-13H,1,10H2,2-7H3. The van der Waals surface area contributed by atoms with Gasteiger partial charge in [0, 0.05) is 0 Å². The van der Waals surface area contributed by atoms with E-state index in [1.54, 1.807) is 0 Å². The van der Waals surface area contributed by atoms with E-state index in [4.69, 9.17) is 0 Å². The van der Waals surface area contributed by atoms with Crippen LogP contribution >= 0.6 is 0 Å². The molecule has 0 aromatic rings. The SMILES string of the molecule is C=CC=C(C)C(C)C(C)C1(C)CC1(C)C. The topological polar surface area (TPSA) is 0 Å². The maximum atomic E-state index is 3.77. The van der Waals surface area contributed by atoms with Crippen molar-refractivity contribution in [3.05, 3.63) is 24.3 Å². The van der Waals surface area contributed by atoms with Gasteiger partial charge in [0.1, 0.15) is 0 Å². The van der Waals surface area contributed by atoms with Crippen LogP contribution in [0.25, 0.3) is 0 Å². The normalized spacial score (nSPS) is 33.3. The van der Waals surface area contributed by atoms with Gasteiger partial charge in [-0.2, -0.15) is 0 Å². The summed E-state index contributed by atoms with van der Waals surface area (Å²) in [5.74, 6) is 1.42. The largest absolute Gasteiger partial charge is 0.0991 e. The molecular weight excluding hydrogens is 180 g/mol. The molecule has 3 atom stereocenters. The lowest BCUT2D eigenvalue weighted by atomic mass is 9.75. The van der Waals surface area contributed by atoms with Crippen LogP contribution in [0.4, 0.5) is 0 Å². The highest BCUT2D eigenvalue weighted by molar-refractivity contribution is 5.17. The third kappa shape index (κ3) is 2.04. The lowest BCUT2D eigenvalue weighted by Gasteiger charge is -2.29. The van der Waals surface area contributed by atoms with Gasteiger partial charge in [-0.3, -0.25) is 0 Å². The van der Waals surface area contributed by atoms with E-state index in [1.807, 2.05) is 6.08 Å². The van der Waals surface area contributed by atoms with E-state index in [1.165, 1.54) is 12.0 Å². The molecule has 0 heteroatoms. The molecule has 1 saturated carbocycles. The van der Waals surface area contributed by atoms with Gasteiger partial charge >= 0.3 is 0 Å². The molecule has 1 fully saturated rings. The van der Waals surface area contributed by atoms with Crippen molar-refractivity contribution in [3.63, 3.8) is 0 Å². The first-order chi connectivity index (χ1) is 6.76. The summed E-state index contributed by atoms with van der Waals surface area (Å²) < 4.78 is 0. The third-order valence-corrected chi connectivity index (χ3v) is 5.08. The van der Waals surface area contributed by atoms with Gasteiger partial charge in [0.25, 0.3) is 0 Å². The van der Waals surface area contributed by atoms with Crippen LogP contribution in [-0.4, -0.2) is 0 Å². The van der Waals surface area contributed by atoms with Crippen LogP contribution in [0.15, 0.2) is 24.3 Å². The fourth-order valence-corrected chi connectivity index (χ4v) is 2.93. The van der Waals surface area contributed by atoms with Crippen LogP contribution in [0.5, 0.6) is 0 Å². The molecule has 0 aromatic heterocycles. The van der Waals surface area contributed by atoms with Crippen LogP contribution < -0.4 is 0 Å². The third-order valence-electron chi connectivity index (χ3n) is 5.08. The Morgan fingerprint density at radius 1 is 1.27 bits per heavy atom. The second-order valence-electron chi connectivity index (χ2n) is 6.20. The molecule has 0 spiro atoms. The zero-order valence-electron chi connectivity index (χ0n) is 11.2. The van der Waals surface area contributed by atoms with E-state index in [-0.39, 0.29) is 0 Å². The minimum atomic E-state index is 0.530. The molecule has 0 aliphatic heterocycles. The highest BCUT2D eigenvalue weighted by Crippen LogP contribution is 2.68. The van der Waals surface area contributed by atoms with Gasteiger partial charge in [0.15, 0.2) is 0 Å². The molecule has 0 aromatic carbocycles. The maximum absolute atomic E-state index is 3.77. The van der Waals surface area contributed by atoms with Gasteiger partial charge in [-0.15, -0.1) is 0 Å². The van der Waals surface area contributed by atoms with Gasteiger partial charge in [-0.05, 0) is 36.0 Å². The van der Waals surface area contributed by atoms with E-state index in [9.17, 15) is 0 Å². The summed E-state index contributed by atoms with van der Waals surface area (Å²) >= 11 is 0. The van der Waals surface area contributed by atoms with Gasteiger partial charge in [-0.1, -0.05) is 58.9 Å². The Bertz CT molecular complexity index is 282. The van der Waals surface area contributed by atoms with Crippen molar-refractivity contribution in [2.75, 3.05) is 0 Å². The van der Waals surface area contributed by atoms with Crippen LogP contribution in [0, 0.1) is 22.7 Å². The van der Waals surface area contributed by atoms with Crippen molar-refractivity contribution in [3.8, 4) is 0 Å². The second-order valence-corrected chi connectivity index (χ2v) is 6.20. The summed E-state index contributed by atoms with van der Waals surface area (Å²) in [6.07, 6.45) is 5.42. The monoisotopic (exact) mass is 206 g/mol. The van der Waals surface area contributed by atoms with E-state index in [2.05, 4.69) is 54.2 Å². The molecule has 0 amide bonds. The molecule has 1 aliphatic rings. The Hall–Kier alpha value is -0.520. The Morgan fingerprint density at radius 3 is 2.07 bits per heavy atom. The molecule has 0 radical (unpaired) electrons. The fourth-order valence-electron chi connectivity index (χ4n) is 2.93. The predicted octanol–water partition coefficient (Wildman–Crippen LogP) is 4.83. The van der Waals surface area contributed by atoms with E-state index in [0.29, 0.717) is 16.7 Å². The molecule has 1 aliphatic carbocycles. The maximum Gasteiger partial charge on any atom is -0.0200 e. The first-order valence-electron chi connectivity index (χ1n) is 6.05. The molecule has 3 unspecified atom stereocenters. The quantitative estimate of drug-likeness (QED) is 0.578. The number of hydrogen-bond acceptors (Lipinski definition) is 0. The Morgan fingerprint density at radius 2 is 1.73 bits per heavy atom. The number of allylic oxidation sites excluding steroid dienone is 3. The number of rotatable bonds is 4. The second kappa shape index (κ2) is 3.81. The zero-order valence-corrected chi connectivity index (χ0v) is 11.2. The lowest BCUT2D eigenvalue weighted by Crippen LogP contribution is -2.22. The van der Waals surface area contributed by atoms with E-state index < -0.39 is 0 Å². The average Bonchev–Trinajstić information content (AvgIpc) is 2.65. The van der Waals surface area contributed by atoms with Crippen LogP contribution in [0.3, 0.4) is 0 Å². The van der Waals surface area contributed by atoms with Crippen molar-refractivity contribution < 1.29 is 0 Å². The predicted molar refractivity (Wildman–Crippen MR) is 68.8 cm³/mol. The molecule has 0 saturated heterocycles. The first kappa shape index (κ1) is 12.5. The van der Waals surface area contributed by atoms with Crippen molar-refractivity contribution in [2.24, 2.45) is 22.7 Å². The minimum Gasteiger partial charge on any atom is -0.0991 e. The smallest absolute Gasteiger partial charge is 0.0200 e. The lowest BCUT2D eigenvalue weighted by molar-refractivity contribution is 0.234. The van der Waals surface area contributed by atoms with Crippen LogP contribution in [0.1, 0.15) is 48.0 Å². The first-order valence-corrected chi connectivity index (χ1v) is 6.05. The summed E-state index contributed by atoms with van der Waals surface area (Å²) in [4.78, 5) is 0. The van der Waals surface area contributed by atoms with Crippen LogP contribution in [-0.2, 0) is 0 Å². The molecule has 0 nitrogen and oxygen atoms in total. The van der Waals surface area contributed by atoms with Crippen molar-refractivity contribution in [1.82, 2.24) is 0 Å². The van der Waals surface area contributed by atoms with E-state index in [0.717, 1.165) is 5.92 Å². The summed E-state index contributed by atoms with van der Waals surface area (Å²) in [6, 6.07) is 0. The van der Waals surface area contributed by atoms with Gasteiger partial charge in [0.2, 0.25) is 0 Å². The highest BCUT2D eigenvalue weighted by Gasteiger charge is 2.60. The van der Waals surface area contributed by atoms with E-state index >= 15 is 0 Å². The summed E-state index contributed by atoms with van der Waals surface area (Å²) in [5, 5.41) is 0. The Balaban J connectivity index is 2.74. The van der Waals surface area contributed by atoms with Crippen molar-refractivity contribution in [1.29, 1.82) is 0 Å². The minimum absolute atomic E-state index is 0.530. The fraction of sp³-hybridized carbons (Fsp3) is 0.733. The number of hydrogen-bond donors (Lipinski definition) is 0. The average molecular weight is 206 g/mol. The molecule has 0 N–H and O–H groups in total. The summed E-state index contributed by atoms with van der Waals surface area (Å²) in [6.45, 7) is 18.0. The van der Waals surface area contributed by atoms with Crippen LogP contribution in [0.2, 0.25) is 0 Å². The molecule has 1 rings (SSSR count). The Labute approximate surface area is 95.5 Å². The summed E-state index contributed by atoms with van der Waals surface area (Å²) in [7, 11) is 0. The highest BCUT2D eigenvalue weighted by atomic mass is 14.6. The molecule has 15 heavy (non-hydrogen) atoms. The van der Waals surface area contributed by atoms with Gasteiger partial charge in [0.05, 0.1) is 0 Å². The van der Waals surface area contributed by atoms with Crippen molar-refractivity contribution >= 4 is 0 Å². The molecule has 0 heterocycles. The zero-order chi connectivity index (χ0) is 11.9.